The Hall–Kier alpha value is -1.90. The smallest absolute Gasteiger partial charge is 0.226 e. The Balaban J connectivity index is 1.32. The van der Waals surface area contributed by atoms with Crippen molar-refractivity contribution in [1.82, 2.24) is 15.2 Å². The fourth-order valence-electron chi connectivity index (χ4n) is 3.03. The Morgan fingerprint density at radius 3 is 3.04 bits per heavy atom. The molecule has 1 aliphatic rings. The van der Waals surface area contributed by atoms with Gasteiger partial charge in [-0.2, -0.15) is 0 Å². The van der Waals surface area contributed by atoms with Crippen molar-refractivity contribution in [2.75, 3.05) is 18.5 Å². The first-order chi connectivity index (χ1) is 13.2. The predicted molar refractivity (Wildman–Crippen MR) is 108 cm³/mol. The van der Waals surface area contributed by atoms with Gasteiger partial charge in [-0.1, -0.05) is 40.8 Å². The summed E-state index contributed by atoms with van der Waals surface area (Å²) in [6.07, 6.45) is 4.27. The summed E-state index contributed by atoms with van der Waals surface area (Å²) >= 11 is 3.18. The van der Waals surface area contributed by atoms with Crippen LogP contribution in [0.25, 0.3) is 11.5 Å². The van der Waals surface area contributed by atoms with E-state index >= 15 is 0 Å². The van der Waals surface area contributed by atoms with Crippen molar-refractivity contribution in [1.29, 1.82) is 0 Å². The van der Waals surface area contributed by atoms with Crippen LogP contribution in [0.3, 0.4) is 0 Å². The normalized spacial score (nSPS) is 16.7. The second-order valence-electron chi connectivity index (χ2n) is 6.64. The lowest BCUT2D eigenvalue weighted by Gasteiger charge is -2.08. The van der Waals surface area contributed by atoms with Gasteiger partial charge in [0.15, 0.2) is 4.34 Å². The minimum atomic E-state index is 0.295. The van der Waals surface area contributed by atoms with Crippen LogP contribution in [0, 0.1) is 13.8 Å². The number of nitrogens with one attached hydrogen (secondary N) is 1. The summed E-state index contributed by atoms with van der Waals surface area (Å²) in [4.78, 5) is 4.62. The van der Waals surface area contributed by atoms with E-state index in [0.29, 0.717) is 17.7 Å². The minimum Gasteiger partial charge on any atom is -0.444 e. The number of anilines is 1. The van der Waals surface area contributed by atoms with Crippen molar-refractivity contribution in [3.05, 3.63) is 41.3 Å². The molecule has 6 nitrogen and oxygen atoms in total. The Labute approximate surface area is 166 Å². The Morgan fingerprint density at radius 2 is 2.22 bits per heavy atom. The van der Waals surface area contributed by atoms with E-state index in [1.807, 2.05) is 0 Å². The molecule has 142 valence electrons. The molecule has 1 fully saturated rings. The SMILES string of the molecule is Cc1ccc(-c2nc(CSc3nnc(NCC4CCCO4)s3)co2)c(C)c1. The van der Waals surface area contributed by atoms with Crippen LogP contribution >= 0.6 is 23.1 Å². The van der Waals surface area contributed by atoms with Gasteiger partial charge in [0.2, 0.25) is 11.0 Å². The number of hydrogen-bond acceptors (Lipinski definition) is 8. The molecule has 4 rings (SSSR count). The summed E-state index contributed by atoms with van der Waals surface area (Å²) in [5.41, 5.74) is 4.34. The molecule has 2 aromatic heterocycles. The number of thioether (sulfide) groups is 1. The molecule has 0 bridgehead atoms. The van der Waals surface area contributed by atoms with E-state index in [9.17, 15) is 0 Å². The average molecular weight is 403 g/mol. The zero-order valence-corrected chi connectivity index (χ0v) is 17.0. The molecule has 3 heterocycles. The molecule has 27 heavy (non-hydrogen) atoms. The molecule has 0 aliphatic carbocycles. The van der Waals surface area contributed by atoms with E-state index in [4.69, 9.17) is 9.15 Å². The fourth-order valence-corrected chi connectivity index (χ4v) is 4.67. The van der Waals surface area contributed by atoms with Crippen LogP contribution in [0.5, 0.6) is 0 Å². The van der Waals surface area contributed by atoms with Crippen LogP contribution in [-0.4, -0.2) is 34.4 Å². The standard InChI is InChI=1S/C19H22N4O2S2/c1-12-5-6-16(13(2)8-12)17-21-14(10-25-17)11-26-19-23-22-18(27-19)20-9-15-4-3-7-24-15/h5-6,8,10,15H,3-4,7,9,11H2,1-2H3,(H,20,22). The second kappa shape index (κ2) is 8.41. The maximum atomic E-state index is 5.68. The summed E-state index contributed by atoms with van der Waals surface area (Å²) in [6.45, 7) is 5.82. The highest BCUT2D eigenvalue weighted by atomic mass is 32.2. The maximum absolute atomic E-state index is 5.68. The van der Waals surface area contributed by atoms with Crippen LogP contribution < -0.4 is 5.32 Å². The summed E-state index contributed by atoms with van der Waals surface area (Å²) in [6, 6.07) is 6.28. The fraction of sp³-hybridized carbons (Fsp3) is 0.421. The molecular weight excluding hydrogens is 380 g/mol. The van der Waals surface area contributed by atoms with E-state index in [-0.39, 0.29) is 0 Å². The van der Waals surface area contributed by atoms with E-state index in [0.717, 1.165) is 46.7 Å². The lowest BCUT2D eigenvalue weighted by atomic mass is 10.1. The summed E-state index contributed by atoms with van der Waals surface area (Å²) in [5.74, 6) is 1.37. The lowest BCUT2D eigenvalue weighted by molar-refractivity contribution is 0.120. The molecule has 0 saturated carbocycles. The molecule has 1 aromatic carbocycles. The first-order valence-corrected chi connectivity index (χ1v) is 10.8. The molecule has 8 heteroatoms. The Kier molecular flexibility index (Phi) is 5.75. The lowest BCUT2D eigenvalue weighted by Crippen LogP contribution is -2.18. The Morgan fingerprint density at radius 1 is 1.30 bits per heavy atom. The van der Waals surface area contributed by atoms with Crippen LogP contribution in [0.1, 0.15) is 29.7 Å². The molecule has 3 aromatic rings. The van der Waals surface area contributed by atoms with Crippen molar-refractivity contribution >= 4 is 28.2 Å². The number of aromatic nitrogens is 3. The number of nitrogens with zero attached hydrogens (tertiary/aromatic N) is 3. The maximum Gasteiger partial charge on any atom is 0.226 e. The highest BCUT2D eigenvalue weighted by Gasteiger charge is 2.16. The number of hydrogen-bond donors (Lipinski definition) is 1. The molecule has 1 N–H and O–H groups in total. The zero-order valence-electron chi connectivity index (χ0n) is 15.4. The first-order valence-electron chi connectivity index (χ1n) is 9.01. The van der Waals surface area contributed by atoms with Crippen molar-refractivity contribution in [2.45, 2.75) is 42.9 Å². The topological polar surface area (TPSA) is 73.1 Å². The third kappa shape index (κ3) is 4.69. The largest absolute Gasteiger partial charge is 0.444 e. The highest BCUT2D eigenvalue weighted by molar-refractivity contribution is 8.00. The van der Waals surface area contributed by atoms with Crippen LogP contribution in [-0.2, 0) is 10.5 Å². The number of benzene rings is 1. The zero-order chi connectivity index (χ0) is 18.6. The second-order valence-corrected chi connectivity index (χ2v) is 8.84. The monoisotopic (exact) mass is 402 g/mol. The molecular formula is C19H22N4O2S2. The van der Waals surface area contributed by atoms with Crippen molar-refractivity contribution in [3.8, 4) is 11.5 Å². The minimum absolute atomic E-state index is 0.295. The van der Waals surface area contributed by atoms with Gasteiger partial charge in [-0.05, 0) is 38.3 Å². The van der Waals surface area contributed by atoms with Gasteiger partial charge in [-0.15, -0.1) is 10.2 Å². The third-order valence-corrected chi connectivity index (χ3v) is 6.47. The molecule has 0 spiro atoms. The quantitative estimate of drug-likeness (QED) is 0.575. The van der Waals surface area contributed by atoms with Gasteiger partial charge in [0.25, 0.3) is 0 Å². The van der Waals surface area contributed by atoms with E-state index in [1.165, 1.54) is 11.1 Å². The average Bonchev–Trinajstić information content (AvgIpc) is 3.40. The van der Waals surface area contributed by atoms with Crippen molar-refractivity contribution in [3.63, 3.8) is 0 Å². The van der Waals surface area contributed by atoms with Gasteiger partial charge < -0.3 is 14.5 Å². The van der Waals surface area contributed by atoms with Crippen LogP contribution in [0.2, 0.25) is 0 Å². The predicted octanol–water partition coefficient (Wildman–Crippen LogP) is 4.69. The number of aryl methyl sites for hydroxylation is 2. The van der Waals surface area contributed by atoms with E-state index in [1.54, 1.807) is 29.4 Å². The number of oxazole rings is 1. The van der Waals surface area contributed by atoms with Gasteiger partial charge in [0.1, 0.15) is 6.26 Å². The summed E-state index contributed by atoms with van der Waals surface area (Å²) in [5, 5.41) is 12.6. The number of ether oxygens (including phenoxy) is 1. The van der Waals surface area contributed by atoms with Crippen LogP contribution in [0.15, 0.2) is 33.2 Å². The third-order valence-electron chi connectivity index (χ3n) is 4.42. The molecule has 1 atom stereocenters. The van der Waals surface area contributed by atoms with Gasteiger partial charge in [0, 0.05) is 24.5 Å². The van der Waals surface area contributed by atoms with Gasteiger partial charge >= 0.3 is 0 Å². The van der Waals surface area contributed by atoms with Crippen LogP contribution in [0.4, 0.5) is 5.13 Å². The molecule has 0 amide bonds. The first kappa shape index (κ1) is 18.5. The van der Waals surface area contributed by atoms with Gasteiger partial charge in [-0.25, -0.2) is 4.98 Å². The Bertz CT molecular complexity index is 903. The number of rotatable bonds is 7. The summed E-state index contributed by atoms with van der Waals surface area (Å²) in [7, 11) is 0. The molecule has 0 radical (unpaired) electrons. The molecule has 1 unspecified atom stereocenters. The molecule has 1 saturated heterocycles. The van der Waals surface area contributed by atoms with E-state index < -0.39 is 0 Å². The van der Waals surface area contributed by atoms with Gasteiger partial charge in [0.05, 0.1) is 11.8 Å². The van der Waals surface area contributed by atoms with Gasteiger partial charge in [-0.3, -0.25) is 0 Å². The summed E-state index contributed by atoms with van der Waals surface area (Å²) < 4.78 is 12.2. The highest BCUT2D eigenvalue weighted by Crippen LogP contribution is 2.30. The van der Waals surface area contributed by atoms with Crippen molar-refractivity contribution in [2.24, 2.45) is 0 Å². The van der Waals surface area contributed by atoms with E-state index in [2.05, 4.69) is 52.5 Å². The van der Waals surface area contributed by atoms with Crippen molar-refractivity contribution < 1.29 is 9.15 Å². The molecule has 1 aliphatic heterocycles.